The van der Waals surface area contributed by atoms with Gasteiger partial charge in [-0.25, -0.2) is 8.42 Å². The van der Waals surface area contributed by atoms with E-state index in [0.29, 0.717) is 6.61 Å². The highest BCUT2D eigenvalue weighted by Crippen LogP contribution is 2.22. The van der Waals surface area contributed by atoms with Crippen molar-refractivity contribution in [3.05, 3.63) is 0 Å². The van der Waals surface area contributed by atoms with Crippen LogP contribution in [-0.4, -0.2) is 54.8 Å². The summed E-state index contributed by atoms with van der Waals surface area (Å²) in [5, 5.41) is 8.51. The summed E-state index contributed by atoms with van der Waals surface area (Å²) in [6.45, 7) is 4.23. The summed E-state index contributed by atoms with van der Waals surface area (Å²) < 4.78 is 29.8. The van der Waals surface area contributed by atoms with Gasteiger partial charge < -0.3 is 9.84 Å². The van der Waals surface area contributed by atoms with E-state index in [0.717, 1.165) is 0 Å². The fourth-order valence-electron chi connectivity index (χ4n) is 1.59. The summed E-state index contributed by atoms with van der Waals surface area (Å²) in [7, 11) is -3.74. The van der Waals surface area contributed by atoms with Gasteiger partial charge in [0.15, 0.2) is 5.75 Å². The fourth-order valence-corrected chi connectivity index (χ4v) is 3.22. The van der Waals surface area contributed by atoms with Crippen LogP contribution in [0, 0.1) is 0 Å². The number of carboxylic acids is 1. The zero-order valence-electron chi connectivity index (χ0n) is 8.76. The normalized spacial score (nSPS) is 22.5. The van der Waals surface area contributed by atoms with E-state index < -0.39 is 27.3 Å². The van der Waals surface area contributed by atoms with Gasteiger partial charge in [0.1, 0.15) is 0 Å². The van der Waals surface area contributed by atoms with E-state index in [1.807, 2.05) is 0 Å². The second kappa shape index (κ2) is 4.07. The minimum Gasteiger partial charge on any atom is -0.480 e. The average molecular weight is 237 g/mol. The lowest BCUT2D eigenvalue weighted by atomic mass is 10.1. The zero-order valence-corrected chi connectivity index (χ0v) is 9.58. The van der Waals surface area contributed by atoms with E-state index in [9.17, 15) is 13.2 Å². The number of rotatable bonds is 3. The molecule has 6 nitrogen and oxygen atoms in total. The third kappa shape index (κ3) is 2.90. The van der Waals surface area contributed by atoms with Gasteiger partial charge in [-0.05, 0) is 13.8 Å². The summed E-state index contributed by atoms with van der Waals surface area (Å²) >= 11 is 0. The van der Waals surface area contributed by atoms with Crippen LogP contribution in [0.4, 0.5) is 0 Å². The Morgan fingerprint density at radius 2 is 2.13 bits per heavy atom. The Morgan fingerprint density at radius 3 is 2.60 bits per heavy atom. The molecular formula is C8H15NO5S. The molecule has 1 aliphatic rings. The molecule has 1 N–H and O–H groups in total. The van der Waals surface area contributed by atoms with Crippen molar-refractivity contribution < 1.29 is 23.1 Å². The number of nitrogens with zero attached hydrogens (tertiary/aromatic N) is 1. The number of morpholine rings is 1. The number of carbonyl (C=O) groups is 1. The van der Waals surface area contributed by atoms with Gasteiger partial charge >= 0.3 is 5.97 Å². The van der Waals surface area contributed by atoms with E-state index in [4.69, 9.17) is 9.84 Å². The molecule has 0 bridgehead atoms. The number of carboxylic acid groups (broad SMARTS) is 1. The van der Waals surface area contributed by atoms with Crippen molar-refractivity contribution in [2.45, 2.75) is 19.4 Å². The monoisotopic (exact) mass is 237 g/mol. The van der Waals surface area contributed by atoms with Crippen molar-refractivity contribution in [2.75, 3.05) is 25.5 Å². The molecular weight excluding hydrogens is 222 g/mol. The van der Waals surface area contributed by atoms with Crippen LogP contribution in [0.5, 0.6) is 0 Å². The highest BCUT2D eigenvalue weighted by molar-refractivity contribution is 7.89. The number of hydrogen-bond donors (Lipinski definition) is 1. The van der Waals surface area contributed by atoms with E-state index in [1.54, 1.807) is 13.8 Å². The summed E-state index contributed by atoms with van der Waals surface area (Å²) in [6.07, 6.45) is 0. The minimum atomic E-state index is -3.74. The van der Waals surface area contributed by atoms with E-state index in [-0.39, 0.29) is 13.2 Å². The first-order valence-corrected chi connectivity index (χ1v) is 6.17. The third-order valence-electron chi connectivity index (χ3n) is 2.21. The van der Waals surface area contributed by atoms with Gasteiger partial charge in [-0.1, -0.05) is 0 Å². The van der Waals surface area contributed by atoms with E-state index >= 15 is 0 Å². The molecule has 0 aromatic heterocycles. The van der Waals surface area contributed by atoms with Crippen LogP contribution in [0.1, 0.15) is 13.8 Å². The largest absolute Gasteiger partial charge is 0.480 e. The molecule has 0 unspecified atom stereocenters. The molecule has 1 saturated heterocycles. The Kier molecular flexibility index (Phi) is 3.37. The highest BCUT2D eigenvalue weighted by Gasteiger charge is 2.39. The highest BCUT2D eigenvalue weighted by atomic mass is 32.2. The molecule has 15 heavy (non-hydrogen) atoms. The summed E-state index contributed by atoms with van der Waals surface area (Å²) in [6, 6.07) is 0. The van der Waals surface area contributed by atoms with Crippen molar-refractivity contribution in [3.63, 3.8) is 0 Å². The number of sulfonamides is 1. The second-order valence-electron chi connectivity index (χ2n) is 4.09. The van der Waals surface area contributed by atoms with Gasteiger partial charge in [0.25, 0.3) is 0 Å². The first-order valence-electron chi connectivity index (χ1n) is 4.56. The van der Waals surface area contributed by atoms with Gasteiger partial charge in [0.05, 0.1) is 18.8 Å². The molecule has 0 aliphatic carbocycles. The summed E-state index contributed by atoms with van der Waals surface area (Å²) in [5.41, 5.74) is -0.674. The molecule has 0 aromatic carbocycles. The van der Waals surface area contributed by atoms with Crippen molar-refractivity contribution in [2.24, 2.45) is 0 Å². The maximum absolute atomic E-state index is 11.7. The van der Waals surface area contributed by atoms with Gasteiger partial charge in [0, 0.05) is 6.54 Å². The number of ether oxygens (including phenoxy) is 1. The molecule has 0 amide bonds. The second-order valence-corrected chi connectivity index (χ2v) is 5.98. The maximum Gasteiger partial charge on any atom is 0.320 e. The molecule has 7 heteroatoms. The van der Waals surface area contributed by atoms with Crippen molar-refractivity contribution in [1.29, 1.82) is 0 Å². The molecule has 88 valence electrons. The minimum absolute atomic E-state index is 0.211. The molecule has 0 atom stereocenters. The van der Waals surface area contributed by atoms with Gasteiger partial charge in [-0.2, -0.15) is 4.31 Å². The Bertz CT molecular complexity index is 348. The first kappa shape index (κ1) is 12.4. The zero-order chi connectivity index (χ0) is 11.7. The quantitative estimate of drug-likeness (QED) is 0.716. The van der Waals surface area contributed by atoms with E-state index in [2.05, 4.69) is 0 Å². The Labute approximate surface area is 88.9 Å². The van der Waals surface area contributed by atoms with Gasteiger partial charge in [-0.3, -0.25) is 4.79 Å². The molecule has 0 radical (unpaired) electrons. The molecule has 0 saturated carbocycles. The Morgan fingerprint density at radius 1 is 1.53 bits per heavy atom. The van der Waals surface area contributed by atoms with Crippen LogP contribution in [0.3, 0.4) is 0 Å². The summed E-state index contributed by atoms with van der Waals surface area (Å²) in [5.74, 6) is -2.20. The van der Waals surface area contributed by atoms with Crippen molar-refractivity contribution in [3.8, 4) is 0 Å². The standard InChI is InChI=1S/C8H15NO5S/c1-8(2)6-14-4-3-9(8)15(12,13)5-7(10)11/h3-6H2,1-2H3,(H,10,11). The smallest absolute Gasteiger partial charge is 0.320 e. The Balaban J connectivity index is 2.90. The molecule has 0 aromatic rings. The molecule has 1 heterocycles. The molecule has 1 aliphatic heterocycles. The lowest BCUT2D eigenvalue weighted by molar-refractivity contribution is -0.134. The maximum atomic E-state index is 11.7. The topological polar surface area (TPSA) is 83.9 Å². The van der Waals surface area contributed by atoms with Crippen LogP contribution < -0.4 is 0 Å². The van der Waals surface area contributed by atoms with Crippen molar-refractivity contribution in [1.82, 2.24) is 4.31 Å². The van der Waals surface area contributed by atoms with Crippen LogP contribution in [-0.2, 0) is 19.6 Å². The van der Waals surface area contributed by atoms with Crippen LogP contribution in [0.25, 0.3) is 0 Å². The third-order valence-corrected chi connectivity index (χ3v) is 4.17. The van der Waals surface area contributed by atoms with Crippen LogP contribution in [0.15, 0.2) is 0 Å². The van der Waals surface area contributed by atoms with Crippen molar-refractivity contribution >= 4 is 16.0 Å². The number of aliphatic carboxylic acids is 1. The lowest BCUT2D eigenvalue weighted by Crippen LogP contribution is -2.56. The lowest BCUT2D eigenvalue weighted by Gasteiger charge is -2.40. The van der Waals surface area contributed by atoms with E-state index in [1.165, 1.54) is 4.31 Å². The van der Waals surface area contributed by atoms with Gasteiger partial charge in [0.2, 0.25) is 10.0 Å². The SMILES string of the molecule is CC1(C)COCCN1S(=O)(=O)CC(=O)O. The first-order chi connectivity index (χ1) is 6.76. The number of hydrogen-bond acceptors (Lipinski definition) is 4. The van der Waals surface area contributed by atoms with Crippen LogP contribution >= 0.6 is 0 Å². The molecule has 1 fully saturated rings. The molecule has 0 spiro atoms. The average Bonchev–Trinajstić information content (AvgIpc) is 1.99. The predicted octanol–water partition coefficient (Wildman–Crippen LogP) is -0.488. The fraction of sp³-hybridized carbons (Fsp3) is 0.875. The summed E-state index contributed by atoms with van der Waals surface area (Å²) in [4.78, 5) is 10.4. The van der Waals surface area contributed by atoms with Crippen LogP contribution in [0.2, 0.25) is 0 Å². The predicted molar refractivity (Wildman–Crippen MR) is 53.0 cm³/mol. The van der Waals surface area contributed by atoms with Gasteiger partial charge in [-0.15, -0.1) is 0 Å². The Hall–Kier alpha value is -0.660. The molecule has 1 rings (SSSR count).